The number of fused-ring (bicyclic) bond motifs is 3. The standard InChI is InChI=1S/C45H28N4Si/c46-29-32-14-22-40(23-15-32)50(38-9-3-1-4-10-38,39-11-5-2-6-12-39)41-13-7-8-36(28-41)35-18-20-37(21-19-35)49-44-24-16-33(30-47)26-42(44)43-27-34(31-48)17-25-45(43)49/h1-28H. The number of aromatic nitrogens is 1. The van der Waals surface area contributed by atoms with E-state index in [4.69, 9.17) is 0 Å². The maximum atomic E-state index is 9.61. The first-order valence-electron chi connectivity index (χ1n) is 16.4. The van der Waals surface area contributed by atoms with E-state index in [9.17, 15) is 15.8 Å². The summed E-state index contributed by atoms with van der Waals surface area (Å²) in [7, 11) is -2.79. The van der Waals surface area contributed by atoms with Crippen LogP contribution in [0.1, 0.15) is 16.7 Å². The Morgan fingerprint density at radius 2 is 0.860 bits per heavy atom. The monoisotopic (exact) mass is 652 g/mol. The van der Waals surface area contributed by atoms with Crippen molar-refractivity contribution in [2.45, 2.75) is 0 Å². The molecule has 4 nitrogen and oxygen atoms in total. The van der Waals surface area contributed by atoms with Crippen LogP contribution >= 0.6 is 0 Å². The van der Waals surface area contributed by atoms with Crippen molar-refractivity contribution in [3.8, 4) is 35.0 Å². The summed E-state index contributed by atoms with van der Waals surface area (Å²) in [6.07, 6.45) is 0. The summed E-state index contributed by atoms with van der Waals surface area (Å²) in [4.78, 5) is 0. The van der Waals surface area contributed by atoms with Crippen molar-refractivity contribution in [3.63, 3.8) is 0 Å². The van der Waals surface area contributed by atoms with Crippen molar-refractivity contribution < 1.29 is 0 Å². The van der Waals surface area contributed by atoms with Crippen LogP contribution in [0.3, 0.4) is 0 Å². The number of nitrogens with zero attached hydrogens (tertiary/aromatic N) is 4. The van der Waals surface area contributed by atoms with Crippen LogP contribution in [0, 0.1) is 34.0 Å². The number of rotatable bonds is 6. The molecule has 232 valence electrons. The fraction of sp³-hybridized carbons (Fsp3) is 0. The van der Waals surface area contributed by atoms with Gasteiger partial charge in [-0.3, -0.25) is 0 Å². The molecule has 0 saturated carbocycles. The lowest BCUT2D eigenvalue weighted by Crippen LogP contribution is -2.74. The fourth-order valence-corrected chi connectivity index (χ4v) is 12.1. The highest BCUT2D eigenvalue weighted by atomic mass is 28.3. The van der Waals surface area contributed by atoms with Crippen LogP contribution in [0.25, 0.3) is 38.6 Å². The highest BCUT2D eigenvalue weighted by Crippen LogP contribution is 2.34. The van der Waals surface area contributed by atoms with Gasteiger partial charge in [-0.1, -0.05) is 109 Å². The van der Waals surface area contributed by atoms with E-state index in [1.165, 1.54) is 20.7 Å². The fourth-order valence-electron chi connectivity index (χ4n) is 7.35. The van der Waals surface area contributed by atoms with Gasteiger partial charge in [0.2, 0.25) is 0 Å². The summed E-state index contributed by atoms with van der Waals surface area (Å²) in [5.41, 5.74) is 6.98. The third-order valence-electron chi connectivity index (χ3n) is 9.64. The van der Waals surface area contributed by atoms with E-state index in [0.29, 0.717) is 16.7 Å². The molecule has 0 spiro atoms. The third-order valence-corrected chi connectivity index (χ3v) is 14.4. The molecule has 50 heavy (non-hydrogen) atoms. The molecule has 0 atom stereocenters. The van der Waals surface area contributed by atoms with Crippen molar-refractivity contribution in [3.05, 3.63) is 187 Å². The molecular formula is C45H28N4Si. The van der Waals surface area contributed by atoms with Crippen LogP contribution in [0.4, 0.5) is 0 Å². The van der Waals surface area contributed by atoms with Gasteiger partial charge in [0.1, 0.15) is 0 Å². The van der Waals surface area contributed by atoms with Crippen LogP contribution in [0.15, 0.2) is 170 Å². The van der Waals surface area contributed by atoms with Crippen molar-refractivity contribution in [2.24, 2.45) is 0 Å². The largest absolute Gasteiger partial charge is 0.309 e. The van der Waals surface area contributed by atoms with Gasteiger partial charge in [-0.2, -0.15) is 15.8 Å². The van der Waals surface area contributed by atoms with Gasteiger partial charge in [0.25, 0.3) is 0 Å². The molecule has 0 fully saturated rings. The quantitative estimate of drug-likeness (QED) is 0.138. The lowest BCUT2D eigenvalue weighted by atomic mass is 10.1. The van der Waals surface area contributed by atoms with E-state index in [1.54, 1.807) is 0 Å². The molecule has 8 rings (SSSR count). The summed E-state index contributed by atoms with van der Waals surface area (Å²) in [5, 5.41) is 35.7. The molecule has 8 aromatic rings. The van der Waals surface area contributed by atoms with Crippen LogP contribution in [0.5, 0.6) is 0 Å². The zero-order valence-corrected chi connectivity index (χ0v) is 28.0. The van der Waals surface area contributed by atoms with Gasteiger partial charge >= 0.3 is 0 Å². The molecule has 1 heterocycles. The first-order valence-corrected chi connectivity index (χ1v) is 18.4. The third kappa shape index (κ3) is 4.97. The summed E-state index contributed by atoms with van der Waals surface area (Å²) in [5.74, 6) is 0. The van der Waals surface area contributed by atoms with E-state index < -0.39 is 8.07 Å². The number of hydrogen-bond donors (Lipinski definition) is 0. The summed E-state index contributed by atoms with van der Waals surface area (Å²) in [6.45, 7) is 0. The molecule has 5 heteroatoms. The van der Waals surface area contributed by atoms with Crippen LogP contribution in [-0.4, -0.2) is 12.6 Å². The van der Waals surface area contributed by atoms with Gasteiger partial charge in [0.15, 0.2) is 8.07 Å². The summed E-state index contributed by atoms with van der Waals surface area (Å²) < 4.78 is 2.20. The topological polar surface area (TPSA) is 76.3 Å². The Morgan fingerprint density at radius 3 is 1.38 bits per heavy atom. The van der Waals surface area contributed by atoms with E-state index >= 15 is 0 Å². The molecule has 0 aliphatic rings. The van der Waals surface area contributed by atoms with E-state index in [1.807, 2.05) is 48.5 Å². The minimum atomic E-state index is -2.79. The minimum absolute atomic E-state index is 0.584. The second kappa shape index (κ2) is 12.6. The maximum absolute atomic E-state index is 9.61. The number of hydrogen-bond acceptors (Lipinski definition) is 3. The Balaban J connectivity index is 1.29. The smallest absolute Gasteiger partial charge is 0.179 e. The van der Waals surface area contributed by atoms with E-state index in [2.05, 4.69) is 144 Å². The van der Waals surface area contributed by atoms with Gasteiger partial charge in [0, 0.05) is 16.5 Å². The second-order valence-electron chi connectivity index (χ2n) is 12.3. The van der Waals surface area contributed by atoms with Crippen molar-refractivity contribution in [1.82, 2.24) is 4.57 Å². The van der Waals surface area contributed by atoms with Crippen LogP contribution in [-0.2, 0) is 0 Å². The Labute approximate surface area is 291 Å². The zero-order valence-electron chi connectivity index (χ0n) is 27.0. The first-order chi connectivity index (χ1) is 24.6. The minimum Gasteiger partial charge on any atom is -0.309 e. The average Bonchev–Trinajstić information content (AvgIpc) is 3.52. The first kappa shape index (κ1) is 30.4. The van der Waals surface area contributed by atoms with Gasteiger partial charge in [-0.15, -0.1) is 0 Å². The van der Waals surface area contributed by atoms with Gasteiger partial charge < -0.3 is 4.57 Å². The molecule has 1 aromatic heterocycles. The van der Waals surface area contributed by atoms with Crippen LogP contribution in [0.2, 0.25) is 0 Å². The van der Waals surface area contributed by atoms with E-state index in [0.717, 1.165) is 38.6 Å². The molecule has 0 unspecified atom stereocenters. The molecule has 7 aromatic carbocycles. The Hall–Kier alpha value is -6.97. The predicted octanol–water partition coefficient (Wildman–Crippen LogP) is 7.44. The van der Waals surface area contributed by atoms with Crippen molar-refractivity contribution >= 4 is 50.6 Å². The van der Waals surface area contributed by atoms with Gasteiger partial charge in [-0.25, -0.2) is 0 Å². The summed E-state index contributed by atoms with van der Waals surface area (Å²) >= 11 is 0. The van der Waals surface area contributed by atoms with E-state index in [-0.39, 0.29) is 0 Å². The lowest BCUT2D eigenvalue weighted by molar-refractivity contribution is 1.18. The highest BCUT2D eigenvalue weighted by molar-refractivity contribution is 7.19. The second-order valence-corrected chi connectivity index (χ2v) is 16.1. The molecule has 0 radical (unpaired) electrons. The lowest BCUT2D eigenvalue weighted by Gasteiger charge is -2.34. The number of nitriles is 3. The molecule has 0 saturated heterocycles. The van der Waals surface area contributed by atoms with Crippen molar-refractivity contribution in [2.75, 3.05) is 0 Å². The van der Waals surface area contributed by atoms with Gasteiger partial charge in [-0.05, 0) is 92.5 Å². The molecule has 0 amide bonds. The molecule has 0 aliphatic heterocycles. The predicted molar refractivity (Wildman–Crippen MR) is 204 cm³/mol. The normalized spacial score (nSPS) is 11.1. The Morgan fingerprint density at radius 1 is 0.380 bits per heavy atom. The maximum Gasteiger partial charge on any atom is 0.179 e. The molecule has 0 aliphatic carbocycles. The molecular weight excluding hydrogens is 625 g/mol. The molecule has 0 bridgehead atoms. The zero-order chi connectivity index (χ0) is 34.1. The molecule has 0 N–H and O–H groups in total. The Kier molecular flexibility index (Phi) is 7.63. The average molecular weight is 653 g/mol. The SMILES string of the molecule is N#Cc1ccc([Si](c2ccccc2)(c2ccccc2)c2cccc(-c3ccc(-n4c5ccc(C#N)cc5c5cc(C#N)ccc54)cc3)c2)cc1. The highest BCUT2D eigenvalue weighted by Gasteiger charge is 2.41. The summed E-state index contributed by atoms with van der Waals surface area (Å²) in [6, 6.07) is 65.4. The van der Waals surface area contributed by atoms with Crippen LogP contribution < -0.4 is 20.7 Å². The number of benzene rings is 7. The van der Waals surface area contributed by atoms with Crippen molar-refractivity contribution in [1.29, 1.82) is 15.8 Å². The Bertz CT molecular complexity index is 2540. The van der Waals surface area contributed by atoms with Gasteiger partial charge in [0.05, 0.1) is 45.9 Å².